The van der Waals surface area contributed by atoms with E-state index in [9.17, 15) is 0 Å². The Labute approximate surface area is 94.9 Å². The third kappa shape index (κ3) is 7.94. The van der Waals surface area contributed by atoms with Crippen LogP contribution in [0.2, 0.25) is 0 Å². The molecule has 0 saturated carbocycles. The van der Waals surface area contributed by atoms with Gasteiger partial charge in [-0.05, 0) is 0 Å². The molecule has 0 amide bonds. The van der Waals surface area contributed by atoms with Gasteiger partial charge in [-0.1, -0.05) is 0 Å². The summed E-state index contributed by atoms with van der Waals surface area (Å²) in [4.78, 5) is 0. The Kier molecular flexibility index (Phi) is 13.0. The van der Waals surface area contributed by atoms with Crippen LogP contribution in [0, 0.1) is 19.6 Å². The van der Waals surface area contributed by atoms with Gasteiger partial charge in [0.1, 0.15) is 0 Å². The SMILES string of the molecule is [C-]1=CC=CC1.[C-]1=CC=CC1.[CH3-].[Zr+3]. The molecule has 0 fully saturated rings. The quantitative estimate of drug-likeness (QED) is 0.567. The van der Waals surface area contributed by atoms with E-state index in [4.69, 9.17) is 0 Å². The van der Waals surface area contributed by atoms with E-state index in [1.807, 2.05) is 24.3 Å². The van der Waals surface area contributed by atoms with Crippen LogP contribution in [-0.2, 0) is 26.2 Å². The fourth-order valence-corrected chi connectivity index (χ4v) is 0.680. The van der Waals surface area contributed by atoms with Gasteiger partial charge in [-0.15, -0.1) is 12.8 Å². The van der Waals surface area contributed by atoms with E-state index >= 15 is 0 Å². The molecule has 1 heteroatoms. The van der Waals surface area contributed by atoms with Gasteiger partial charge in [0, 0.05) is 0 Å². The van der Waals surface area contributed by atoms with Gasteiger partial charge < -0.3 is 7.43 Å². The predicted molar refractivity (Wildman–Crippen MR) is 49.6 cm³/mol. The minimum atomic E-state index is 0. The second-order valence-corrected chi connectivity index (χ2v) is 2.01. The smallest absolute Gasteiger partial charge is 0.358 e. The molecule has 0 heterocycles. The van der Waals surface area contributed by atoms with E-state index in [0.717, 1.165) is 12.8 Å². The Balaban J connectivity index is 0. The fraction of sp³-hybridized carbons (Fsp3) is 0.182. The van der Waals surface area contributed by atoms with Crippen molar-refractivity contribution < 1.29 is 26.2 Å². The number of hydrogen-bond donors (Lipinski definition) is 0. The van der Waals surface area contributed by atoms with E-state index in [1.54, 1.807) is 0 Å². The van der Waals surface area contributed by atoms with Gasteiger partial charge in [0.25, 0.3) is 0 Å². The number of allylic oxidation sites excluding steroid dienone is 8. The summed E-state index contributed by atoms with van der Waals surface area (Å²) >= 11 is 0. The first-order valence-corrected chi connectivity index (χ1v) is 3.43. The Morgan fingerprint density at radius 1 is 0.833 bits per heavy atom. The molecule has 2 rings (SSSR count). The molecule has 0 atom stereocenters. The summed E-state index contributed by atoms with van der Waals surface area (Å²) in [6, 6.07) is 0. The Morgan fingerprint density at radius 2 is 1.25 bits per heavy atom. The molecule has 12 heavy (non-hydrogen) atoms. The normalized spacial score (nSPS) is 14.7. The van der Waals surface area contributed by atoms with Gasteiger partial charge in [-0.25, -0.2) is 24.3 Å². The van der Waals surface area contributed by atoms with Gasteiger partial charge in [0.2, 0.25) is 0 Å². The van der Waals surface area contributed by atoms with Crippen molar-refractivity contribution in [1.82, 2.24) is 0 Å². The number of hydrogen-bond acceptors (Lipinski definition) is 0. The minimum Gasteiger partial charge on any atom is -0.358 e. The first kappa shape index (κ1) is 14.4. The van der Waals surface area contributed by atoms with Gasteiger partial charge >= 0.3 is 26.2 Å². The zero-order chi connectivity index (χ0) is 7.07. The van der Waals surface area contributed by atoms with Crippen molar-refractivity contribution in [2.45, 2.75) is 12.8 Å². The van der Waals surface area contributed by atoms with Crippen molar-refractivity contribution in [1.29, 1.82) is 0 Å². The molecule has 0 unspecified atom stereocenters. The van der Waals surface area contributed by atoms with Crippen molar-refractivity contribution in [3.63, 3.8) is 0 Å². The van der Waals surface area contributed by atoms with Crippen LogP contribution in [0.1, 0.15) is 12.8 Å². The van der Waals surface area contributed by atoms with Gasteiger partial charge in [-0.3, -0.25) is 12.2 Å². The van der Waals surface area contributed by atoms with Gasteiger partial charge in [0.15, 0.2) is 0 Å². The maximum absolute atomic E-state index is 2.99. The summed E-state index contributed by atoms with van der Waals surface area (Å²) in [6.07, 6.45) is 20.0. The zero-order valence-electron chi connectivity index (χ0n) is 7.38. The Morgan fingerprint density at radius 3 is 1.33 bits per heavy atom. The molecule has 0 nitrogen and oxygen atoms in total. The van der Waals surface area contributed by atoms with E-state index in [0.29, 0.717) is 0 Å². The van der Waals surface area contributed by atoms with E-state index in [1.165, 1.54) is 0 Å². The van der Waals surface area contributed by atoms with Crippen molar-refractivity contribution in [2.24, 2.45) is 0 Å². The van der Waals surface area contributed by atoms with E-state index in [2.05, 4.69) is 24.3 Å². The summed E-state index contributed by atoms with van der Waals surface area (Å²) in [5.41, 5.74) is 0. The molecule has 1 radical (unpaired) electrons. The molecule has 2 aliphatic rings. The zero-order valence-corrected chi connectivity index (χ0v) is 9.84. The van der Waals surface area contributed by atoms with Crippen molar-refractivity contribution >= 4 is 0 Å². The maximum atomic E-state index is 2.99. The van der Waals surface area contributed by atoms with Crippen LogP contribution in [0.5, 0.6) is 0 Å². The van der Waals surface area contributed by atoms with Crippen LogP contribution in [0.3, 0.4) is 0 Å². The van der Waals surface area contributed by atoms with Crippen molar-refractivity contribution in [2.75, 3.05) is 0 Å². The van der Waals surface area contributed by atoms with Crippen LogP contribution in [0.4, 0.5) is 0 Å². The first-order valence-electron chi connectivity index (χ1n) is 3.43. The second-order valence-electron chi connectivity index (χ2n) is 2.01. The maximum Gasteiger partial charge on any atom is 3.00 e. The molecular formula is C11H13Zr. The van der Waals surface area contributed by atoms with Crippen LogP contribution in [0.15, 0.2) is 36.5 Å². The second kappa shape index (κ2) is 10.8. The number of rotatable bonds is 0. The molecule has 0 bridgehead atoms. The van der Waals surface area contributed by atoms with Gasteiger partial charge in [0.05, 0.1) is 0 Å². The third-order valence-electron chi connectivity index (χ3n) is 1.17. The van der Waals surface area contributed by atoms with E-state index in [-0.39, 0.29) is 33.6 Å². The van der Waals surface area contributed by atoms with Crippen LogP contribution in [0.25, 0.3) is 0 Å². The molecule has 0 aromatic rings. The average Bonchev–Trinajstić information content (AvgIpc) is 2.67. The van der Waals surface area contributed by atoms with Crippen molar-refractivity contribution in [3.8, 4) is 0 Å². The molecule has 0 spiro atoms. The first-order chi connectivity index (χ1) is 5.00. The molecule has 2 aliphatic carbocycles. The fourth-order valence-electron chi connectivity index (χ4n) is 0.680. The molecule has 0 aromatic carbocycles. The van der Waals surface area contributed by atoms with Crippen LogP contribution in [-0.4, -0.2) is 0 Å². The van der Waals surface area contributed by atoms with Gasteiger partial charge in [-0.2, -0.15) is 12.2 Å². The summed E-state index contributed by atoms with van der Waals surface area (Å²) < 4.78 is 0. The summed E-state index contributed by atoms with van der Waals surface area (Å²) in [6.45, 7) is 0. The molecule has 0 aromatic heterocycles. The predicted octanol–water partition coefficient (Wildman–Crippen LogP) is 3.06. The summed E-state index contributed by atoms with van der Waals surface area (Å²) in [7, 11) is 0. The average molecular weight is 236 g/mol. The largest absolute Gasteiger partial charge is 3.00 e. The molecule has 0 N–H and O–H groups in total. The van der Waals surface area contributed by atoms with Crippen LogP contribution >= 0.6 is 0 Å². The topological polar surface area (TPSA) is 0 Å². The summed E-state index contributed by atoms with van der Waals surface area (Å²) in [5, 5.41) is 0. The Bertz CT molecular complexity index is 143. The van der Waals surface area contributed by atoms with Crippen LogP contribution < -0.4 is 0 Å². The molecule has 0 saturated heterocycles. The summed E-state index contributed by atoms with van der Waals surface area (Å²) in [5.74, 6) is 0. The third-order valence-corrected chi connectivity index (χ3v) is 1.17. The molecular weight excluding hydrogens is 223 g/mol. The molecule has 0 aliphatic heterocycles. The van der Waals surface area contributed by atoms with E-state index < -0.39 is 0 Å². The van der Waals surface area contributed by atoms with Crippen molar-refractivity contribution in [3.05, 3.63) is 56.0 Å². The molecule has 61 valence electrons. The Hall–Kier alpha value is -0.157. The monoisotopic (exact) mass is 235 g/mol. The standard InChI is InChI=1S/2C5H5.CH3.Zr/c2*1-2-4-5-3-1;;/h2*1-3H,4H2;1H3;/q3*-1;+3. The minimum absolute atomic E-state index is 0.